The molecule has 1 aliphatic rings. The number of nitrogens with two attached hydrogens (primary N) is 1. The van der Waals surface area contributed by atoms with Gasteiger partial charge in [-0.05, 0) is 24.6 Å². The highest BCUT2D eigenvalue weighted by Gasteiger charge is 2.27. The minimum atomic E-state index is -0.532. The van der Waals surface area contributed by atoms with Crippen molar-refractivity contribution in [2.24, 2.45) is 5.73 Å². The van der Waals surface area contributed by atoms with Crippen LogP contribution in [-0.4, -0.2) is 35.3 Å². The first-order valence-corrected chi connectivity index (χ1v) is 7.65. The number of rotatable bonds is 1. The second-order valence-corrected chi connectivity index (χ2v) is 6.40. The van der Waals surface area contributed by atoms with Crippen molar-refractivity contribution in [2.75, 3.05) is 18.0 Å². The van der Waals surface area contributed by atoms with Gasteiger partial charge in [0.15, 0.2) is 0 Å². The molecular formula is C14H15BrClN3O. The zero-order chi connectivity index (χ0) is 14.3. The van der Waals surface area contributed by atoms with E-state index in [1.165, 1.54) is 0 Å². The number of nitrogens with zero attached hydrogens (tertiary/aromatic N) is 2. The predicted molar refractivity (Wildman–Crippen MR) is 85.3 cm³/mol. The molecule has 0 saturated carbocycles. The number of aliphatic hydroxyl groups excluding tert-OH is 1. The highest BCUT2D eigenvalue weighted by atomic mass is 79.9. The number of pyridine rings is 1. The van der Waals surface area contributed by atoms with Gasteiger partial charge in [-0.3, -0.25) is 4.98 Å². The van der Waals surface area contributed by atoms with E-state index in [1.54, 1.807) is 6.20 Å². The highest BCUT2D eigenvalue weighted by Crippen LogP contribution is 2.35. The number of hydrogen-bond donors (Lipinski definition) is 2. The van der Waals surface area contributed by atoms with E-state index in [-0.39, 0.29) is 6.04 Å². The number of benzene rings is 1. The summed E-state index contributed by atoms with van der Waals surface area (Å²) in [5, 5.41) is 11.6. The van der Waals surface area contributed by atoms with E-state index in [4.69, 9.17) is 17.3 Å². The monoisotopic (exact) mass is 355 g/mol. The fraction of sp³-hybridized carbons (Fsp3) is 0.357. The van der Waals surface area contributed by atoms with E-state index in [0.717, 1.165) is 34.0 Å². The Morgan fingerprint density at radius 1 is 1.45 bits per heavy atom. The average Bonchev–Trinajstić information content (AvgIpc) is 2.42. The molecule has 0 radical (unpaired) electrons. The maximum absolute atomic E-state index is 9.99. The minimum Gasteiger partial charge on any atom is -0.390 e. The van der Waals surface area contributed by atoms with Gasteiger partial charge < -0.3 is 15.7 Å². The fourth-order valence-electron chi connectivity index (χ4n) is 2.60. The molecule has 0 aliphatic carbocycles. The highest BCUT2D eigenvalue weighted by molar-refractivity contribution is 9.10. The standard InChI is InChI=1S/C14H15BrClN3O/c15-8-1-2-12-9(5-8)14(10(16)6-18-12)19-4-3-11(17)13(20)7-19/h1-2,5-6,11,13,20H,3-4,7,17H2/t11-,13+/m0/s1. The van der Waals surface area contributed by atoms with Gasteiger partial charge in [0.25, 0.3) is 0 Å². The summed E-state index contributed by atoms with van der Waals surface area (Å²) >= 11 is 9.82. The van der Waals surface area contributed by atoms with Gasteiger partial charge in [-0.2, -0.15) is 0 Å². The van der Waals surface area contributed by atoms with Crippen LogP contribution < -0.4 is 10.6 Å². The van der Waals surface area contributed by atoms with Crippen LogP contribution in [-0.2, 0) is 0 Å². The van der Waals surface area contributed by atoms with Gasteiger partial charge in [-0.1, -0.05) is 27.5 Å². The maximum atomic E-state index is 9.99. The molecule has 0 unspecified atom stereocenters. The van der Waals surface area contributed by atoms with Crippen LogP contribution in [0.15, 0.2) is 28.9 Å². The van der Waals surface area contributed by atoms with Crippen LogP contribution in [0.3, 0.4) is 0 Å². The molecule has 106 valence electrons. The minimum absolute atomic E-state index is 0.162. The average molecular weight is 357 g/mol. The van der Waals surface area contributed by atoms with Crippen molar-refractivity contribution in [2.45, 2.75) is 18.6 Å². The molecule has 0 bridgehead atoms. The molecule has 0 spiro atoms. The van der Waals surface area contributed by atoms with E-state index in [9.17, 15) is 5.11 Å². The largest absolute Gasteiger partial charge is 0.390 e. The number of fused-ring (bicyclic) bond motifs is 1. The van der Waals surface area contributed by atoms with Crippen molar-refractivity contribution in [3.8, 4) is 0 Å². The van der Waals surface area contributed by atoms with Crippen LogP contribution in [0.5, 0.6) is 0 Å². The smallest absolute Gasteiger partial charge is 0.0866 e. The van der Waals surface area contributed by atoms with Gasteiger partial charge >= 0.3 is 0 Å². The van der Waals surface area contributed by atoms with Crippen LogP contribution in [0.25, 0.3) is 10.9 Å². The summed E-state index contributed by atoms with van der Waals surface area (Å²) < 4.78 is 0.976. The van der Waals surface area contributed by atoms with E-state index >= 15 is 0 Å². The van der Waals surface area contributed by atoms with Gasteiger partial charge in [0, 0.05) is 35.2 Å². The summed E-state index contributed by atoms with van der Waals surface area (Å²) in [6.07, 6.45) is 1.87. The summed E-state index contributed by atoms with van der Waals surface area (Å²) in [5.74, 6) is 0. The second kappa shape index (κ2) is 5.48. The van der Waals surface area contributed by atoms with Gasteiger partial charge in [0.05, 0.1) is 22.3 Å². The third-order valence-corrected chi connectivity index (χ3v) is 4.48. The van der Waals surface area contributed by atoms with Gasteiger partial charge in [-0.15, -0.1) is 0 Å². The molecule has 20 heavy (non-hydrogen) atoms. The van der Waals surface area contributed by atoms with E-state index < -0.39 is 6.10 Å². The summed E-state index contributed by atoms with van der Waals surface area (Å²) in [6, 6.07) is 5.74. The van der Waals surface area contributed by atoms with Crippen LogP contribution in [0.1, 0.15) is 6.42 Å². The number of β-amino-alcohol motifs (C(OH)–C–C–N with tert-alkyl or cyclic N) is 1. The van der Waals surface area contributed by atoms with Crippen LogP contribution in [0.4, 0.5) is 5.69 Å². The van der Waals surface area contributed by atoms with E-state index in [0.29, 0.717) is 11.6 Å². The number of piperidine rings is 1. The quantitative estimate of drug-likeness (QED) is 0.824. The molecular weight excluding hydrogens is 342 g/mol. The lowest BCUT2D eigenvalue weighted by Gasteiger charge is -2.36. The third-order valence-electron chi connectivity index (χ3n) is 3.71. The Morgan fingerprint density at radius 3 is 3.00 bits per heavy atom. The molecule has 1 aliphatic heterocycles. The third kappa shape index (κ3) is 2.51. The van der Waals surface area contributed by atoms with Crippen molar-refractivity contribution in [3.05, 3.63) is 33.9 Å². The molecule has 0 amide bonds. The Kier molecular flexibility index (Phi) is 3.86. The van der Waals surface area contributed by atoms with Crippen LogP contribution >= 0.6 is 27.5 Å². The Morgan fingerprint density at radius 2 is 2.25 bits per heavy atom. The molecule has 6 heteroatoms. The molecule has 2 atom stereocenters. The number of hydrogen-bond acceptors (Lipinski definition) is 4. The number of aromatic nitrogens is 1. The zero-order valence-corrected chi connectivity index (χ0v) is 13.1. The van der Waals surface area contributed by atoms with Crippen molar-refractivity contribution < 1.29 is 5.11 Å². The van der Waals surface area contributed by atoms with E-state index in [2.05, 4.69) is 25.8 Å². The maximum Gasteiger partial charge on any atom is 0.0866 e. The first-order valence-electron chi connectivity index (χ1n) is 6.48. The number of anilines is 1. The number of aliphatic hydroxyl groups is 1. The molecule has 1 aromatic heterocycles. The normalized spacial score (nSPS) is 23.3. The molecule has 4 nitrogen and oxygen atoms in total. The van der Waals surface area contributed by atoms with Crippen LogP contribution in [0, 0.1) is 0 Å². The first kappa shape index (κ1) is 14.1. The fourth-order valence-corrected chi connectivity index (χ4v) is 3.23. The van der Waals surface area contributed by atoms with Crippen molar-refractivity contribution >= 4 is 44.1 Å². The Balaban J connectivity index is 2.10. The molecule has 3 rings (SSSR count). The van der Waals surface area contributed by atoms with Gasteiger partial charge in [-0.25, -0.2) is 0 Å². The predicted octanol–water partition coefficient (Wildman–Crippen LogP) is 2.55. The number of halogens is 2. The van der Waals surface area contributed by atoms with E-state index in [1.807, 2.05) is 18.2 Å². The SMILES string of the molecule is N[C@H]1CCN(c2c(Cl)cnc3ccc(Br)cc23)C[C@H]1O. The lowest BCUT2D eigenvalue weighted by Crippen LogP contribution is -2.50. The molecule has 3 N–H and O–H groups in total. The zero-order valence-electron chi connectivity index (χ0n) is 10.8. The lowest BCUT2D eigenvalue weighted by atomic mass is 10.0. The summed E-state index contributed by atoms with van der Waals surface area (Å²) in [5.41, 5.74) is 7.67. The molecule has 2 heterocycles. The summed E-state index contributed by atoms with van der Waals surface area (Å²) in [7, 11) is 0. The molecule has 1 fully saturated rings. The van der Waals surface area contributed by atoms with Gasteiger partial charge in [0.1, 0.15) is 0 Å². The Hall–Kier alpha value is -0.880. The first-order chi connectivity index (χ1) is 9.56. The molecule has 1 aromatic carbocycles. The molecule has 2 aromatic rings. The summed E-state index contributed by atoms with van der Waals surface area (Å²) in [4.78, 5) is 6.43. The molecule has 1 saturated heterocycles. The topological polar surface area (TPSA) is 62.4 Å². The van der Waals surface area contributed by atoms with Crippen molar-refractivity contribution in [1.29, 1.82) is 0 Å². The van der Waals surface area contributed by atoms with Crippen molar-refractivity contribution in [1.82, 2.24) is 4.98 Å². The summed E-state index contributed by atoms with van der Waals surface area (Å²) in [6.45, 7) is 1.27. The lowest BCUT2D eigenvalue weighted by molar-refractivity contribution is 0.132. The van der Waals surface area contributed by atoms with Crippen LogP contribution in [0.2, 0.25) is 5.02 Å². The Bertz CT molecular complexity index is 646. The van der Waals surface area contributed by atoms with Gasteiger partial charge in [0.2, 0.25) is 0 Å². The van der Waals surface area contributed by atoms with Crippen molar-refractivity contribution in [3.63, 3.8) is 0 Å². The Labute approximate surface area is 130 Å². The second-order valence-electron chi connectivity index (χ2n) is 5.08.